The van der Waals surface area contributed by atoms with Gasteiger partial charge in [-0.15, -0.1) is 0 Å². The maximum Gasteiger partial charge on any atom is 0.258 e. The first-order valence-electron chi connectivity index (χ1n) is 12.7. The average Bonchev–Trinajstić information content (AvgIpc) is 3.27. The fourth-order valence-electron chi connectivity index (χ4n) is 4.84. The fourth-order valence-corrected chi connectivity index (χ4v) is 4.84. The van der Waals surface area contributed by atoms with Crippen molar-refractivity contribution in [1.82, 2.24) is 15.1 Å². The first kappa shape index (κ1) is 25.4. The van der Waals surface area contributed by atoms with Gasteiger partial charge < -0.3 is 20.4 Å². The molecule has 8 nitrogen and oxygen atoms in total. The Kier molecular flexibility index (Phi) is 7.38. The lowest BCUT2D eigenvalue weighted by Crippen LogP contribution is -2.48. The number of fused-ring (bicyclic) bond motifs is 1. The Balaban J connectivity index is 1.38. The van der Waals surface area contributed by atoms with Crippen LogP contribution in [0.1, 0.15) is 12.0 Å². The number of benzene rings is 2. The third-order valence-electron chi connectivity index (χ3n) is 7.18. The number of hydrogen-bond donors (Lipinski definition) is 2. The lowest BCUT2D eigenvalue weighted by molar-refractivity contribution is -0.120. The van der Waals surface area contributed by atoms with E-state index in [2.05, 4.69) is 27.5 Å². The monoisotopic (exact) mass is 509 g/mol. The summed E-state index contributed by atoms with van der Waals surface area (Å²) in [6.07, 6.45) is 3.99. The number of piperazine rings is 1. The lowest BCUT2D eigenvalue weighted by atomic mass is 9.94. The van der Waals surface area contributed by atoms with E-state index in [1.165, 1.54) is 0 Å². The van der Waals surface area contributed by atoms with Gasteiger partial charge in [0.1, 0.15) is 5.94 Å². The minimum Gasteiger partial charge on any atom is -0.354 e. The lowest BCUT2D eigenvalue weighted by Gasteiger charge is -2.32. The highest BCUT2D eigenvalue weighted by molar-refractivity contribution is 6.13. The van der Waals surface area contributed by atoms with Crippen LogP contribution in [0.15, 0.2) is 89.2 Å². The van der Waals surface area contributed by atoms with Crippen molar-refractivity contribution in [3.8, 4) is 0 Å². The molecule has 2 aromatic rings. The molecule has 0 atom stereocenters. The number of nitrogens with zero attached hydrogens (tertiary/aromatic N) is 3. The van der Waals surface area contributed by atoms with Gasteiger partial charge in [0.2, 0.25) is 5.91 Å². The summed E-state index contributed by atoms with van der Waals surface area (Å²) < 4.78 is 0. The molecule has 2 fully saturated rings. The third kappa shape index (κ3) is 5.38. The number of allylic oxidation sites excluding steroid dienone is 4. The van der Waals surface area contributed by atoms with Gasteiger partial charge in [-0.2, -0.15) is 0 Å². The first-order valence-corrected chi connectivity index (χ1v) is 12.7. The Morgan fingerprint density at radius 3 is 2.45 bits per heavy atom. The van der Waals surface area contributed by atoms with Gasteiger partial charge in [0.05, 0.1) is 17.8 Å². The molecule has 2 heterocycles. The van der Waals surface area contributed by atoms with Crippen LogP contribution in [0.2, 0.25) is 0 Å². The molecule has 2 aliphatic heterocycles. The van der Waals surface area contributed by atoms with Crippen LogP contribution in [-0.2, 0) is 14.4 Å². The molecule has 2 amide bonds. The Morgan fingerprint density at radius 1 is 1.05 bits per heavy atom. The fraction of sp³-hybridized carbons (Fsp3) is 0.267. The summed E-state index contributed by atoms with van der Waals surface area (Å²) in [6, 6.07) is 17.3. The second-order valence-corrected chi connectivity index (χ2v) is 9.78. The zero-order chi connectivity index (χ0) is 26.6. The first-order chi connectivity index (χ1) is 18.4. The van der Waals surface area contributed by atoms with Crippen molar-refractivity contribution in [3.05, 3.63) is 94.7 Å². The molecule has 0 saturated carbocycles. The maximum absolute atomic E-state index is 13.1. The largest absolute Gasteiger partial charge is 0.354 e. The van der Waals surface area contributed by atoms with E-state index >= 15 is 0 Å². The highest BCUT2D eigenvalue weighted by Crippen LogP contribution is 2.36. The summed E-state index contributed by atoms with van der Waals surface area (Å²) >= 11 is 0. The van der Waals surface area contributed by atoms with E-state index in [9.17, 15) is 14.4 Å². The highest BCUT2D eigenvalue weighted by Gasteiger charge is 2.32. The molecule has 194 valence electrons. The number of carbonyl (C=O) groups is 2. The molecule has 0 bridgehead atoms. The summed E-state index contributed by atoms with van der Waals surface area (Å²) in [6.45, 7) is 4.12. The van der Waals surface area contributed by atoms with E-state index in [1.54, 1.807) is 18.0 Å². The predicted octanol–water partition coefficient (Wildman–Crippen LogP) is 2.82. The van der Waals surface area contributed by atoms with Crippen molar-refractivity contribution in [1.29, 1.82) is 0 Å². The number of carbonyl (C=O) groups excluding carboxylic acids is 3. The maximum atomic E-state index is 13.1. The van der Waals surface area contributed by atoms with E-state index < -0.39 is 0 Å². The molecule has 5 rings (SSSR count). The summed E-state index contributed by atoms with van der Waals surface area (Å²) in [5.74, 6) is 1.75. The van der Waals surface area contributed by atoms with Gasteiger partial charge in [0.15, 0.2) is 0 Å². The van der Waals surface area contributed by atoms with Crippen LogP contribution in [0.3, 0.4) is 0 Å². The van der Waals surface area contributed by atoms with E-state index in [0.29, 0.717) is 35.5 Å². The average molecular weight is 510 g/mol. The normalized spacial score (nSPS) is 19.1. The molecule has 0 spiro atoms. The van der Waals surface area contributed by atoms with E-state index in [-0.39, 0.29) is 11.8 Å². The summed E-state index contributed by atoms with van der Waals surface area (Å²) in [5, 5.41) is 6.33. The van der Waals surface area contributed by atoms with Crippen LogP contribution in [0, 0.1) is 0 Å². The minimum atomic E-state index is -0.230. The van der Waals surface area contributed by atoms with Gasteiger partial charge in [-0.3, -0.25) is 14.5 Å². The second kappa shape index (κ2) is 11.0. The van der Waals surface area contributed by atoms with E-state index in [4.69, 9.17) is 0 Å². The number of likely N-dealkylation sites (N-methyl/N-ethyl adjacent to an activating group) is 2. The molecule has 1 aliphatic carbocycles. The van der Waals surface area contributed by atoms with Crippen molar-refractivity contribution in [2.75, 3.05) is 57.0 Å². The number of hydrogen-bond acceptors (Lipinski definition) is 6. The zero-order valence-electron chi connectivity index (χ0n) is 21.7. The van der Waals surface area contributed by atoms with Gasteiger partial charge >= 0.3 is 0 Å². The van der Waals surface area contributed by atoms with Crippen molar-refractivity contribution < 1.29 is 14.4 Å². The molecule has 2 aromatic carbocycles. The number of anilines is 2. The van der Waals surface area contributed by atoms with Crippen LogP contribution < -0.4 is 15.5 Å². The van der Waals surface area contributed by atoms with Crippen molar-refractivity contribution in [2.24, 2.45) is 0 Å². The van der Waals surface area contributed by atoms with Gasteiger partial charge in [-0.25, -0.2) is 4.79 Å². The molecule has 0 unspecified atom stereocenters. The van der Waals surface area contributed by atoms with Crippen LogP contribution in [0.25, 0.3) is 5.70 Å². The smallest absolute Gasteiger partial charge is 0.258 e. The molecule has 2 saturated heterocycles. The molecule has 2 N–H and O–H groups in total. The molecular formula is C30H31N5O3. The summed E-state index contributed by atoms with van der Waals surface area (Å²) in [7, 11) is 3.90. The van der Waals surface area contributed by atoms with E-state index in [0.717, 1.165) is 48.7 Å². The van der Waals surface area contributed by atoms with Gasteiger partial charge in [-0.1, -0.05) is 36.4 Å². The Bertz CT molecular complexity index is 1380. The van der Waals surface area contributed by atoms with E-state index in [1.807, 2.05) is 66.6 Å². The molecule has 38 heavy (non-hydrogen) atoms. The van der Waals surface area contributed by atoms with Crippen LogP contribution >= 0.6 is 0 Å². The summed E-state index contributed by atoms with van der Waals surface area (Å²) in [4.78, 5) is 43.3. The Labute approximate surface area is 222 Å². The number of amides is 2. The standard InChI is InChI=1S/C30H31N5O3/c1-33-14-16-35(17-15-33)19-27(37)34(2)24-11-9-23(10-12-24)31-29(22-6-4-3-5-7-22)28-25-13-8-21(20-36)18-26(25)32-30(28)38/h3-7,9-13,18,31H,8,14-17,19H2,1-2H3,(H,32,38). The van der Waals surface area contributed by atoms with Gasteiger partial charge in [-0.05, 0) is 43.0 Å². The zero-order valence-corrected chi connectivity index (χ0v) is 21.7. The van der Waals surface area contributed by atoms with Crippen LogP contribution in [0.5, 0.6) is 0 Å². The van der Waals surface area contributed by atoms with Crippen LogP contribution in [0.4, 0.5) is 11.4 Å². The highest BCUT2D eigenvalue weighted by atomic mass is 16.2. The number of nitrogens with one attached hydrogen (secondary N) is 2. The Morgan fingerprint density at radius 2 is 1.76 bits per heavy atom. The molecule has 0 radical (unpaired) electrons. The Hall–Kier alpha value is -4.23. The molecule has 0 aromatic heterocycles. The molecule has 3 aliphatic rings. The predicted molar refractivity (Wildman–Crippen MR) is 149 cm³/mol. The molecular weight excluding hydrogens is 478 g/mol. The van der Waals surface area contributed by atoms with Crippen molar-refractivity contribution in [3.63, 3.8) is 0 Å². The quantitative estimate of drug-likeness (QED) is 0.460. The topological polar surface area (TPSA) is 85.0 Å². The van der Waals surface area contributed by atoms with Crippen LogP contribution in [-0.4, -0.2) is 74.4 Å². The second-order valence-electron chi connectivity index (χ2n) is 9.78. The van der Waals surface area contributed by atoms with Gasteiger partial charge in [0.25, 0.3) is 5.91 Å². The SMILES string of the molecule is CN1CCN(CC(=O)N(C)c2ccc(NC(=C3C(=O)NC4=CC(=C=O)CC=C43)c3ccccc3)cc2)CC1. The molecule has 8 heteroatoms. The van der Waals surface area contributed by atoms with Gasteiger partial charge in [0, 0.05) is 67.9 Å². The van der Waals surface area contributed by atoms with Crippen molar-refractivity contribution >= 4 is 34.8 Å². The summed E-state index contributed by atoms with van der Waals surface area (Å²) in [5.41, 5.74) is 5.53. The number of rotatable bonds is 6. The minimum absolute atomic E-state index is 0.0530. The van der Waals surface area contributed by atoms with Crippen molar-refractivity contribution in [2.45, 2.75) is 6.42 Å². The third-order valence-corrected chi connectivity index (χ3v) is 7.18.